The molecule has 0 aliphatic carbocycles. The van der Waals surface area contributed by atoms with E-state index < -0.39 is 0 Å². The number of aryl methyl sites for hydroxylation is 2. The Bertz CT molecular complexity index is 703. The van der Waals surface area contributed by atoms with Gasteiger partial charge in [-0.15, -0.1) is 10.2 Å². The van der Waals surface area contributed by atoms with E-state index in [1.54, 1.807) is 6.20 Å². The second-order valence-electron chi connectivity index (χ2n) is 6.23. The number of nitrogens with zero attached hydrogens (tertiary/aromatic N) is 5. The number of H-pyrrole nitrogens is 1. The number of piperidine rings is 1. The molecule has 1 N–H and O–H groups in total. The van der Waals surface area contributed by atoms with Crippen molar-refractivity contribution >= 4 is 5.91 Å². The van der Waals surface area contributed by atoms with Crippen LogP contribution in [-0.4, -0.2) is 48.9 Å². The summed E-state index contributed by atoms with van der Waals surface area (Å²) < 4.78 is 2.25. The van der Waals surface area contributed by atoms with Crippen LogP contribution in [-0.2, 0) is 13.0 Å². The van der Waals surface area contributed by atoms with Crippen LogP contribution in [0.15, 0.2) is 6.20 Å². The molecule has 22 heavy (non-hydrogen) atoms. The Balaban J connectivity index is 1.55. The number of hydrogen-bond donors (Lipinski definition) is 1. The molecule has 2 aromatic rings. The highest BCUT2D eigenvalue weighted by atomic mass is 16.2. The second-order valence-corrected chi connectivity index (χ2v) is 6.23. The molecule has 2 aromatic heterocycles. The Hall–Kier alpha value is -2.18. The number of carbonyl (C=O) groups is 1. The Kier molecular flexibility index (Phi) is 3.20. The number of hydrogen-bond acceptors (Lipinski definition) is 4. The molecule has 7 nitrogen and oxygen atoms in total. The van der Waals surface area contributed by atoms with Crippen molar-refractivity contribution in [2.75, 3.05) is 13.1 Å². The first-order valence-electron chi connectivity index (χ1n) is 7.95. The Morgan fingerprint density at radius 3 is 3.05 bits per heavy atom. The van der Waals surface area contributed by atoms with Gasteiger partial charge in [-0.2, -0.15) is 5.10 Å². The van der Waals surface area contributed by atoms with Gasteiger partial charge in [0.1, 0.15) is 11.6 Å². The zero-order chi connectivity index (χ0) is 15.1. The van der Waals surface area contributed by atoms with Crippen LogP contribution in [0.25, 0.3) is 0 Å². The van der Waals surface area contributed by atoms with E-state index >= 15 is 0 Å². The number of aromatic nitrogens is 5. The maximum atomic E-state index is 12.7. The number of aromatic amines is 1. The third kappa shape index (κ3) is 2.12. The van der Waals surface area contributed by atoms with Gasteiger partial charge >= 0.3 is 0 Å². The molecule has 0 bridgehead atoms. The van der Waals surface area contributed by atoms with Crippen LogP contribution in [0.4, 0.5) is 0 Å². The van der Waals surface area contributed by atoms with E-state index in [-0.39, 0.29) is 5.91 Å². The monoisotopic (exact) mass is 300 g/mol. The first-order chi connectivity index (χ1) is 10.7. The van der Waals surface area contributed by atoms with Crippen LogP contribution in [0.5, 0.6) is 0 Å². The summed E-state index contributed by atoms with van der Waals surface area (Å²) in [6, 6.07) is 0. The summed E-state index contributed by atoms with van der Waals surface area (Å²) in [5.41, 5.74) is 1.50. The van der Waals surface area contributed by atoms with E-state index in [0.29, 0.717) is 11.5 Å². The normalized spacial score (nSPS) is 21.1. The molecule has 0 saturated carbocycles. The molecule has 0 aromatic carbocycles. The summed E-state index contributed by atoms with van der Waals surface area (Å²) in [5.74, 6) is 2.53. The molecule has 4 heterocycles. The Morgan fingerprint density at radius 2 is 2.23 bits per heavy atom. The van der Waals surface area contributed by atoms with Gasteiger partial charge < -0.3 is 9.47 Å². The highest BCUT2D eigenvalue weighted by Gasteiger charge is 2.31. The average molecular weight is 300 g/mol. The van der Waals surface area contributed by atoms with E-state index in [9.17, 15) is 4.79 Å². The fraction of sp³-hybridized carbons (Fsp3) is 0.600. The number of nitrogens with one attached hydrogen (secondary N) is 1. The lowest BCUT2D eigenvalue weighted by Crippen LogP contribution is -2.39. The van der Waals surface area contributed by atoms with Crippen LogP contribution in [0.3, 0.4) is 0 Å². The molecule has 116 valence electrons. The summed E-state index contributed by atoms with van der Waals surface area (Å²) in [7, 11) is 0. The lowest BCUT2D eigenvalue weighted by molar-refractivity contribution is 0.0702. The van der Waals surface area contributed by atoms with Crippen molar-refractivity contribution < 1.29 is 4.79 Å². The zero-order valence-electron chi connectivity index (χ0n) is 12.7. The summed E-state index contributed by atoms with van der Waals surface area (Å²) in [4.78, 5) is 14.6. The molecule has 1 amide bonds. The third-order valence-electron chi connectivity index (χ3n) is 4.77. The molecular formula is C15H20N6O. The SMILES string of the molecule is Cc1[nH]ncc1C(=O)N1CCCC(c2nnc3n2CCC3)C1. The smallest absolute Gasteiger partial charge is 0.257 e. The van der Waals surface area contributed by atoms with Crippen molar-refractivity contribution in [1.29, 1.82) is 0 Å². The molecule has 1 fully saturated rings. The highest BCUT2D eigenvalue weighted by Crippen LogP contribution is 2.29. The van der Waals surface area contributed by atoms with Gasteiger partial charge in [-0.1, -0.05) is 0 Å². The number of likely N-dealkylation sites (tertiary alicyclic amines) is 1. The van der Waals surface area contributed by atoms with Crippen molar-refractivity contribution in [3.05, 3.63) is 29.1 Å². The maximum Gasteiger partial charge on any atom is 0.257 e. The van der Waals surface area contributed by atoms with Crippen LogP contribution >= 0.6 is 0 Å². The molecule has 7 heteroatoms. The van der Waals surface area contributed by atoms with Crippen LogP contribution in [0.1, 0.15) is 52.9 Å². The van der Waals surface area contributed by atoms with Gasteiger partial charge in [-0.3, -0.25) is 9.89 Å². The van der Waals surface area contributed by atoms with Crippen LogP contribution < -0.4 is 0 Å². The van der Waals surface area contributed by atoms with E-state index in [0.717, 1.165) is 62.7 Å². The lowest BCUT2D eigenvalue weighted by atomic mass is 9.96. The number of fused-ring (bicyclic) bond motifs is 1. The molecule has 0 radical (unpaired) electrons. The van der Waals surface area contributed by atoms with E-state index in [4.69, 9.17) is 0 Å². The molecule has 1 atom stereocenters. The van der Waals surface area contributed by atoms with Gasteiger partial charge in [0.2, 0.25) is 0 Å². The van der Waals surface area contributed by atoms with Gasteiger partial charge in [0.25, 0.3) is 5.91 Å². The Morgan fingerprint density at radius 1 is 1.32 bits per heavy atom. The first-order valence-corrected chi connectivity index (χ1v) is 7.95. The quantitative estimate of drug-likeness (QED) is 0.906. The number of amides is 1. The predicted octanol–water partition coefficient (Wildman–Crippen LogP) is 1.28. The standard InChI is InChI=1S/C15H20N6O/c1-10-12(8-16-17-10)15(22)20-6-2-4-11(9-20)14-19-18-13-5-3-7-21(13)14/h8,11H,2-7,9H2,1H3,(H,16,17). The topological polar surface area (TPSA) is 79.7 Å². The largest absolute Gasteiger partial charge is 0.338 e. The summed E-state index contributed by atoms with van der Waals surface area (Å²) in [6.07, 6.45) is 5.88. The minimum absolute atomic E-state index is 0.0668. The minimum atomic E-state index is 0.0668. The highest BCUT2D eigenvalue weighted by molar-refractivity contribution is 5.95. The van der Waals surface area contributed by atoms with Crippen molar-refractivity contribution in [3.63, 3.8) is 0 Å². The fourth-order valence-corrected chi connectivity index (χ4v) is 3.58. The fourth-order valence-electron chi connectivity index (χ4n) is 3.58. The molecule has 2 aliphatic heterocycles. The number of rotatable bonds is 2. The molecule has 4 rings (SSSR count). The van der Waals surface area contributed by atoms with Gasteiger partial charge in [0.15, 0.2) is 0 Å². The maximum absolute atomic E-state index is 12.7. The predicted molar refractivity (Wildman–Crippen MR) is 79.5 cm³/mol. The van der Waals surface area contributed by atoms with Gasteiger partial charge in [-0.25, -0.2) is 0 Å². The van der Waals surface area contributed by atoms with Gasteiger partial charge in [0, 0.05) is 37.7 Å². The molecule has 2 aliphatic rings. The van der Waals surface area contributed by atoms with Gasteiger partial charge in [0.05, 0.1) is 11.8 Å². The third-order valence-corrected chi connectivity index (χ3v) is 4.77. The van der Waals surface area contributed by atoms with E-state index in [1.165, 1.54) is 0 Å². The van der Waals surface area contributed by atoms with Crippen molar-refractivity contribution in [1.82, 2.24) is 29.9 Å². The molecular weight excluding hydrogens is 280 g/mol. The van der Waals surface area contributed by atoms with Crippen molar-refractivity contribution in [2.45, 2.75) is 45.1 Å². The van der Waals surface area contributed by atoms with Gasteiger partial charge in [-0.05, 0) is 26.2 Å². The molecule has 1 unspecified atom stereocenters. The van der Waals surface area contributed by atoms with Crippen molar-refractivity contribution in [3.8, 4) is 0 Å². The number of carbonyl (C=O) groups excluding carboxylic acids is 1. The average Bonchev–Trinajstić information content (AvgIpc) is 3.22. The van der Waals surface area contributed by atoms with Crippen molar-refractivity contribution in [2.24, 2.45) is 0 Å². The second kappa shape index (κ2) is 5.23. The molecule has 0 spiro atoms. The van der Waals surface area contributed by atoms with Crippen LogP contribution in [0.2, 0.25) is 0 Å². The summed E-state index contributed by atoms with van der Waals surface area (Å²) >= 11 is 0. The zero-order valence-corrected chi connectivity index (χ0v) is 12.7. The first kappa shape index (κ1) is 13.5. The lowest BCUT2D eigenvalue weighted by Gasteiger charge is -2.32. The van der Waals surface area contributed by atoms with E-state index in [2.05, 4.69) is 25.0 Å². The van der Waals surface area contributed by atoms with E-state index in [1.807, 2.05) is 11.8 Å². The summed E-state index contributed by atoms with van der Waals surface area (Å²) in [6.45, 7) is 4.43. The molecule has 1 saturated heterocycles. The Labute approximate surface area is 128 Å². The minimum Gasteiger partial charge on any atom is -0.338 e. The summed E-state index contributed by atoms with van der Waals surface area (Å²) in [5, 5.41) is 15.5. The van der Waals surface area contributed by atoms with Crippen LogP contribution in [0, 0.1) is 6.92 Å².